The van der Waals surface area contributed by atoms with E-state index in [-0.39, 0.29) is 0 Å². The number of ether oxygens (including phenoxy) is 1. The van der Waals surface area contributed by atoms with Gasteiger partial charge in [0, 0.05) is 6.07 Å². The molecule has 8 heteroatoms. The standard InChI is InChI=1S/C10H9BrN4O3/c1-18-7-3-2-5-9(13-7)8(11)6(4-12-5)14-15-10(16)17/h2-4,14-15H,1H3,(H,16,17). The molecule has 3 N–H and O–H groups in total. The maximum absolute atomic E-state index is 10.4. The number of fused-ring (bicyclic) bond motifs is 1. The molecule has 0 aromatic carbocycles. The van der Waals surface area contributed by atoms with Gasteiger partial charge in [0.25, 0.3) is 0 Å². The van der Waals surface area contributed by atoms with E-state index in [1.165, 1.54) is 13.3 Å². The Hall–Kier alpha value is -2.09. The van der Waals surface area contributed by atoms with Crippen LogP contribution in [0.25, 0.3) is 11.0 Å². The zero-order valence-corrected chi connectivity index (χ0v) is 10.9. The summed E-state index contributed by atoms with van der Waals surface area (Å²) in [5.41, 5.74) is 6.24. The molecule has 0 spiro atoms. The molecular weight excluding hydrogens is 304 g/mol. The van der Waals surface area contributed by atoms with E-state index in [2.05, 4.69) is 31.3 Å². The van der Waals surface area contributed by atoms with Gasteiger partial charge in [-0.3, -0.25) is 10.4 Å². The van der Waals surface area contributed by atoms with Crippen LogP contribution in [0.1, 0.15) is 0 Å². The van der Waals surface area contributed by atoms with Gasteiger partial charge >= 0.3 is 6.09 Å². The average molecular weight is 313 g/mol. The minimum atomic E-state index is -1.19. The van der Waals surface area contributed by atoms with Crippen LogP contribution in [0.4, 0.5) is 10.5 Å². The van der Waals surface area contributed by atoms with Gasteiger partial charge in [0.1, 0.15) is 5.52 Å². The molecule has 0 atom stereocenters. The van der Waals surface area contributed by atoms with Gasteiger partial charge in [-0.2, -0.15) is 0 Å². The lowest BCUT2D eigenvalue weighted by Gasteiger charge is -2.09. The van der Waals surface area contributed by atoms with Gasteiger partial charge in [-0.15, -0.1) is 0 Å². The van der Waals surface area contributed by atoms with Crippen LogP contribution in [0, 0.1) is 0 Å². The van der Waals surface area contributed by atoms with Crippen LogP contribution in [-0.2, 0) is 0 Å². The normalized spacial score (nSPS) is 10.1. The highest BCUT2D eigenvalue weighted by Gasteiger charge is 2.09. The van der Waals surface area contributed by atoms with Crippen molar-refractivity contribution in [2.45, 2.75) is 0 Å². The molecule has 0 unspecified atom stereocenters. The quantitative estimate of drug-likeness (QED) is 0.750. The Labute approximate surface area is 110 Å². The van der Waals surface area contributed by atoms with Crippen LogP contribution in [0.15, 0.2) is 22.8 Å². The Morgan fingerprint density at radius 3 is 2.94 bits per heavy atom. The molecule has 2 rings (SSSR count). The Bertz CT molecular complexity index is 605. The van der Waals surface area contributed by atoms with Crippen LogP contribution in [-0.4, -0.2) is 28.3 Å². The first-order chi connectivity index (χ1) is 8.61. The topological polar surface area (TPSA) is 96.4 Å². The largest absolute Gasteiger partial charge is 0.481 e. The number of hydrogen-bond donors (Lipinski definition) is 3. The maximum atomic E-state index is 10.4. The Morgan fingerprint density at radius 1 is 1.50 bits per heavy atom. The number of anilines is 1. The lowest BCUT2D eigenvalue weighted by molar-refractivity contribution is 0.197. The molecule has 0 fully saturated rings. The molecule has 0 bridgehead atoms. The zero-order chi connectivity index (χ0) is 13.1. The number of amides is 1. The number of hydrogen-bond acceptors (Lipinski definition) is 5. The van der Waals surface area contributed by atoms with Gasteiger partial charge in [0.15, 0.2) is 0 Å². The van der Waals surface area contributed by atoms with Crippen molar-refractivity contribution >= 4 is 38.7 Å². The van der Waals surface area contributed by atoms with Crippen molar-refractivity contribution in [2.75, 3.05) is 12.5 Å². The summed E-state index contributed by atoms with van der Waals surface area (Å²) in [7, 11) is 1.52. The average Bonchev–Trinajstić information content (AvgIpc) is 2.37. The predicted molar refractivity (Wildman–Crippen MR) is 68.6 cm³/mol. The SMILES string of the molecule is COc1ccc2ncc(NNC(=O)O)c(Br)c2n1. The Morgan fingerprint density at radius 2 is 2.28 bits per heavy atom. The number of methoxy groups -OCH3 is 1. The molecule has 2 aromatic rings. The van der Waals surface area contributed by atoms with Crippen molar-refractivity contribution in [1.82, 2.24) is 15.4 Å². The van der Waals surface area contributed by atoms with Gasteiger partial charge in [0.05, 0.1) is 29.0 Å². The van der Waals surface area contributed by atoms with Gasteiger partial charge in [0.2, 0.25) is 5.88 Å². The number of halogens is 1. The molecule has 94 valence electrons. The number of rotatable bonds is 3. The van der Waals surface area contributed by atoms with Gasteiger partial charge in [-0.1, -0.05) is 0 Å². The first-order valence-corrected chi connectivity index (χ1v) is 5.65. The molecule has 1 amide bonds. The molecule has 0 radical (unpaired) electrons. The van der Waals surface area contributed by atoms with E-state index in [1.807, 2.05) is 5.43 Å². The summed E-state index contributed by atoms with van der Waals surface area (Å²) in [5.74, 6) is 0.452. The van der Waals surface area contributed by atoms with Gasteiger partial charge in [-0.05, 0) is 22.0 Å². The second-order valence-corrected chi connectivity index (χ2v) is 4.06. The van der Waals surface area contributed by atoms with E-state index >= 15 is 0 Å². The van der Waals surface area contributed by atoms with Gasteiger partial charge in [-0.25, -0.2) is 15.2 Å². The van der Waals surface area contributed by atoms with Crippen molar-refractivity contribution in [3.8, 4) is 5.88 Å². The van der Waals surface area contributed by atoms with Crippen molar-refractivity contribution in [3.05, 3.63) is 22.8 Å². The summed E-state index contributed by atoms with van der Waals surface area (Å²) in [4.78, 5) is 18.8. The Kier molecular flexibility index (Phi) is 3.47. The second-order valence-electron chi connectivity index (χ2n) is 3.26. The highest BCUT2D eigenvalue weighted by atomic mass is 79.9. The van der Waals surface area contributed by atoms with E-state index < -0.39 is 6.09 Å². The Balaban J connectivity index is 2.44. The fraction of sp³-hybridized carbons (Fsp3) is 0.100. The summed E-state index contributed by atoms with van der Waals surface area (Å²) in [5, 5.41) is 8.52. The predicted octanol–water partition coefficient (Wildman–Crippen LogP) is 2.00. The number of aromatic nitrogens is 2. The third kappa shape index (κ3) is 2.43. The van der Waals surface area contributed by atoms with E-state index in [1.54, 1.807) is 12.1 Å². The van der Waals surface area contributed by atoms with E-state index in [4.69, 9.17) is 9.84 Å². The number of carbonyl (C=O) groups is 1. The molecule has 2 heterocycles. The van der Waals surface area contributed by atoms with Crippen molar-refractivity contribution in [1.29, 1.82) is 0 Å². The summed E-state index contributed by atoms with van der Waals surface area (Å²) in [6.45, 7) is 0. The zero-order valence-electron chi connectivity index (χ0n) is 9.27. The van der Waals surface area contributed by atoms with E-state index in [0.717, 1.165) is 0 Å². The minimum Gasteiger partial charge on any atom is -0.481 e. The first kappa shape index (κ1) is 12.4. The third-order valence-electron chi connectivity index (χ3n) is 2.14. The smallest absolute Gasteiger partial charge is 0.423 e. The molecule has 0 aliphatic heterocycles. The third-order valence-corrected chi connectivity index (χ3v) is 2.94. The number of nitrogens with one attached hydrogen (secondary N) is 2. The molecule has 18 heavy (non-hydrogen) atoms. The fourth-order valence-corrected chi connectivity index (χ4v) is 1.83. The summed E-state index contributed by atoms with van der Waals surface area (Å²) in [6.07, 6.45) is 0.303. The molecule has 0 aliphatic rings. The maximum Gasteiger partial charge on any atom is 0.423 e. The summed E-state index contributed by atoms with van der Waals surface area (Å²) >= 11 is 3.34. The molecular formula is C10H9BrN4O3. The second kappa shape index (κ2) is 5.05. The molecule has 0 saturated carbocycles. The number of carboxylic acid groups (broad SMARTS) is 1. The van der Waals surface area contributed by atoms with Crippen LogP contribution < -0.4 is 15.6 Å². The summed E-state index contributed by atoms with van der Waals surface area (Å²) in [6, 6.07) is 3.46. The molecule has 2 aromatic heterocycles. The van der Waals surface area contributed by atoms with E-state index in [9.17, 15) is 4.79 Å². The first-order valence-electron chi connectivity index (χ1n) is 4.86. The van der Waals surface area contributed by atoms with Crippen LogP contribution in [0.5, 0.6) is 5.88 Å². The van der Waals surface area contributed by atoms with Crippen molar-refractivity contribution < 1.29 is 14.6 Å². The number of pyridine rings is 2. The van der Waals surface area contributed by atoms with Crippen LogP contribution in [0.2, 0.25) is 0 Å². The van der Waals surface area contributed by atoms with E-state index in [0.29, 0.717) is 27.1 Å². The fourth-order valence-electron chi connectivity index (χ4n) is 1.34. The molecule has 7 nitrogen and oxygen atoms in total. The summed E-state index contributed by atoms with van der Waals surface area (Å²) < 4.78 is 5.62. The number of nitrogens with zero attached hydrogens (tertiary/aromatic N) is 2. The monoisotopic (exact) mass is 312 g/mol. The van der Waals surface area contributed by atoms with Crippen molar-refractivity contribution in [2.24, 2.45) is 0 Å². The lowest BCUT2D eigenvalue weighted by atomic mass is 10.3. The van der Waals surface area contributed by atoms with Crippen LogP contribution >= 0.6 is 15.9 Å². The van der Waals surface area contributed by atoms with Crippen LogP contribution in [0.3, 0.4) is 0 Å². The molecule has 0 saturated heterocycles. The minimum absolute atomic E-state index is 0.452. The van der Waals surface area contributed by atoms with Crippen molar-refractivity contribution in [3.63, 3.8) is 0 Å². The highest BCUT2D eigenvalue weighted by molar-refractivity contribution is 9.10. The molecule has 0 aliphatic carbocycles. The van der Waals surface area contributed by atoms with Gasteiger partial charge < -0.3 is 9.84 Å². The lowest BCUT2D eigenvalue weighted by Crippen LogP contribution is -2.27. The number of hydrazine groups is 1. The highest BCUT2D eigenvalue weighted by Crippen LogP contribution is 2.29.